The first kappa shape index (κ1) is 23.8. The summed E-state index contributed by atoms with van der Waals surface area (Å²) in [5.41, 5.74) is 6.48. The summed E-state index contributed by atoms with van der Waals surface area (Å²) < 4.78 is 2.01. The maximum Gasteiger partial charge on any atom is 0.178 e. The number of hydrogen-bond acceptors (Lipinski definition) is 5. The first-order chi connectivity index (χ1) is 18.4. The molecule has 2 aliphatic rings. The maximum atomic E-state index is 4.63. The van der Waals surface area contributed by atoms with Crippen LogP contribution in [0.2, 0.25) is 0 Å². The molecule has 0 unspecified atom stereocenters. The van der Waals surface area contributed by atoms with Gasteiger partial charge in [-0.2, -0.15) is 4.68 Å². The van der Waals surface area contributed by atoms with Crippen LogP contribution in [0.4, 0.5) is 0 Å². The molecule has 188 valence electrons. The molecule has 1 aliphatic carbocycles. The van der Waals surface area contributed by atoms with E-state index in [0.717, 1.165) is 57.1 Å². The van der Waals surface area contributed by atoms with Gasteiger partial charge < -0.3 is 0 Å². The molecule has 6 rings (SSSR count). The van der Waals surface area contributed by atoms with E-state index in [4.69, 9.17) is 0 Å². The molecule has 2 heterocycles. The van der Waals surface area contributed by atoms with Gasteiger partial charge in [0.2, 0.25) is 0 Å². The van der Waals surface area contributed by atoms with Crippen LogP contribution in [0, 0.1) is 0 Å². The molecule has 1 saturated heterocycles. The highest BCUT2D eigenvalue weighted by molar-refractivity contribution is 5.49. The second-order valence-electron chi connectivity index (χ2n) is 10.0. The van der Waals surface area contributed by atoms with Crippen LogP contribution in [0.1, 0.15) is 47.0 Å². The number of rotatable bonds is 7. The number of tetrazole rings is 1. The van der Waals surface area contributed by atoms with Crippen molar-refractivity contribution in [3.63, 3.8) is 0 Å². The van der Waals surface area contributed by atoms with Gasteiger partial charge in [0.1, 0.15) is 0 Å². The van der Waals surface area contributed by atoms with Gasteiger partial charge in [-0.25, -0.2) is 0 Å². The number of hydrogen-bond donors (Lipinski definition) is 0. The lowest BCUT2D eigenvalue weighted by molar-refractivity contribution is 0.113. The average molecular weight is 491 g/mol. The first-order valence-electron chi connectivity index (χ1n) is 13.5. The Balaban J connectivity index is 1.24. The van der Waals surface area contributed by atoms with Crippen molar-refractivity contribution in [3.8, 4) is 5.69 Å². The van der Waals surface area contributed by atoms with Crippen LogP contribution in [0.15, 0.2) is 84.9 Å². The smallest absolute Gasteiger partial charge is 0.178 e. The Hall–Kier alpha value is -3.61. The van der Waals surface area contributed by atoms with Crippen molar-refractivity contribution < 1.29 is 0 Å². The van der Waals surface area contributed by atoms with Gasteiger partial charge >= 0.3 is 0 Å². The Kier molecular flexibility index (Phi) is 7.19. The summed E-state index contributed by atoms with van der Waals surface area (Å²) in [4.78, 5) is 5.07. The Morgan fingerprint density at radius 3 is 2.35 bits per heavy atom. The van der Waals surface area contributed by atoms with Gasteiger partial charge in [0, 0.05) is 32.7 Å². The van der Waals surface area contributed by atoms with Crippen molar-refractivity contribution in [1.29, 1.82) is 0 Å². The standard InChI is InChI=1S/C31H34N6/c1-3-11-25(12-4-1)13-10-20-35-21-23-36(24-22-35)30(27-15-5-2-6-16-27)31-32-33-34-37(31)29-19-9-17-26-14-7-8-18-28(26)29/h1-6,9-13,15-17,19,30H,7-8,14,18,20-24H2/t30-/m1/s1. The molecule has 1 aromatic heterocycles. The lowest BCUT2D eigenvalue weighted by Crippen LogP contribution is -2.48. The van der Waals surface area contributed by atoms with Crippen molar-refractivity contribution in [1.82, 2.24) is 30.0 Å². The SMILES string of the molecule is C(=Cc1ccccc1)CN1CCN([C@H](c2ccccc2)c2nnnn2-c2cccc3c2CCCC3)CC1. The van der Waals surface area contributed by atoms with Crippen LogP contribution in [-0.4, -0.2) is 62.7 Å². The van der Waals surface area contributed by atoms with Gasteiger partial charge in [-0.15, -0.1) is 5.10 Å². The molecule has 4 aromatic rings. The molecule has 0 amide bonds. The molecule has 1 fully saturated rings. The molecular formula is C31H34N6. The molecule has 0 saturated carbocycles. The quantitative estimate of drug-likeness (QED) is 0.366. The first-order valence-corrected chi connectivity index (χ1v) is 13.5. The zero-order chi connectivity index (χ0) is 24.9. The average Bonchev–Trinajstić information content (AvgIpc) is 3.44. The Morgan fingerprint density at radius 2 is 1.54 bits per heavy atom. The lowest BCUT2D eigenvalue weighted by Gasteiger charge is -2.38. The van der Waals surface area contributed by atoms with Crippen molar-refractivity contribution in [2.75, 3.05) is 32.7 Å². The lowest BCUT2D eigenvalue weighted by atomic mass is 9.90. The Morgan fingerprint density at radius 1 is 0.784 bits per heavy atom. The minimum Gasteiger partial charge on any atom is -0.297 e. The largest absolute Gasteiger partial charge is 0.297 e. The topological polar surface area (TPSA) is 50.1 Å². The highest BCUT2D eigenvalue weighted by Crippen LogP contribution is 2.32. The molecule has 0 spiro atoms. The number of aromatic nitrogens is 4. The third kappa shape index (κ3) is 5.26. The number of benzene rings is 3. The minimum absolute atomic E-state index is 0.0117. The second-order valence-corrected chi connectivity index (χ2v) is 10.0. The van der Waals surface area contributed by atoms with Crippen molar-refractivity contribution in [2.24, 2.45) is 0 Å². The fourth-order valence-electron chi connectivity index (χ4n) is 5.76. The number of piperazine rings is 1. The Labute approximate surface area is 219 Å². The third-order valence-electron chi connectivity index (χ3n) is 7.70. The van der Waals surface area contributed by atoms with Crippen LogP contribution in [0.5, 0.6) is 0 Å². The van der Waals surface area contributed by atoms with Gasteiger partial charge in [-0.3, -0.25) is 9.80 Å². The third-order valence-corrected chi connectivity index (χ3v) is 7.70. The van der Waals surface area contributed by atoms with Crippen molar-refractivity contribution in [2.45, 2.75) is 31.7 Å². The van der Waals surface area contributed by atoms with Crippen LogP contribution < -0.4 is 0 Å². The fraction of sp³-hybridized carbons (Fsp3) is 0.323. The molecule has 0 bridgehead atoms. The normalized spacial score (nSPS) is 17.6. The molecule has 3 aromatic carbocycles. The maximum absolute atomic E-state index is 4.63. The number of nitrogens with zero attached hydrogens (tertiary/aromatic N) is 6. The van der Waals surface area contributed by atoms with E-state index >= 15 is 0 Å². The molecule has 0 N–H and O–H groups in total. The molecule has 0 radical (unpaired) electrons. The number of fused-ring (bicyclic) bond motifs is 1. The summed E-state index contributed by atoms with van der Waals surface area (Å²) in [7, 11) is 0. The van der Waals surface area contributed by atoms with E-state index in [-0.39, 0.29) is 6.04 Å². The van der Waals surface area contributed by atoms with E-state index < -0.39 is 0 Å². The molecule has 6 heteroatoms. The van der Waals surface area contributed by atoms with E-state index in [1.54, 1.807) is 0 Å². The predicted octanol–water partition coefficient (Wildman–Crippen LogP) is 4.96. The second kappa shape index (κ2) is 11.2. The number of aryl methyl sites for hydroxylation is 1. The van der Waals surface area contributed by atoms with Gasteiger partial charge in [0.15, 0.2) is 5.82 Å². The minimum atomic E-state index is 0.0117. The van der Waals surface area contributed by atoms with E-state index in [0.29, 0.717) is 0 Å². The van der Waals surface area contributed by atoms with Gasteiger partial charge in [-0.1, -0.05) is 84.9 Å². The summed E-state index contributed by atoms with van der Waals surface area (Å²) >= 11 is 0. The summed E-state index contributed by atoms with van der Waals surface area (Å²) in [5.74, 6) is 0.905. The zero-order valence-corrected chi connectivity index (χ0v) is 21.3. The summed E-state index contributed by atoms with van der Waals surface area (Å²) in [6.45, 7) is 4.94. The summed E-state index contributed by atoms with van der Waals surface area (Å²) in [5, 5.41) is 13.4. The van der Waals surface area contributed by atoms with Crippen LogP contribution in [0.3, 0.4) is 0 Å². The van der Waals surface area contributed by atoms with E-state index in [1.165, 1.54) is 35.1 Å². The fourth-order valence-corrected chi connectivity index (χ4v) is 5.76. The van der Waals surface area contributed by atoms with Crippen LogP contribution >= 0.6 is 0 Å². The van der Waals surface area contributed by atoms with E-state index in [1.807, 2.05) is 4.68 Å². The van der Waals surface area contributed by atoms with Crippen molar-refractivity contribution in [3.05, 3.63) is 113 Å². The van der Waals surface area contributed by atoms with E-state index in [2.05, 4.69) is 116 Å². The molecule has 1 atom stereocenters. The predicted molar refractivity (Wildman–Crippen MR) is 148 cm³/mol. The monoisotopic (exact) mass is 490 g/mol. The van der Waals surface area contributed by atoms with Gasteiger partial charge in [0.25, 0.3) is 0 Å². The van der Waals surface area contributed by atoms with Crippen LogP contribution in [-0.2, 0) is 12.8 Å². The van der Waals surface area contributed by atoms with Gasteiger partial charge in [-0.05, 0) is 64.4 Å². The molecule has 1 aliphatic heterocycles. The summed E-state index contributed by atoms with van der Waals surface area (Å²) in [6, 6.07) is 27.9. The highest BCUT2D eigenvalue weighted by Gasteiger charge is 2.31. The molecule has 6 nitrogen and oxygen atoms in total. The molecule has 37 heavy (non-hydrogen) atoms. The zero-order valence-electron chi connectivity index (χ0n) is 21.3. The van der Waals surface area contributed by atoms with Gasteiger partial charge in [0.05, 0.1) is 11.7 Å². The highest BCUT2D eigenvalue weighted by atomic mass is 15.6. The molecular weight excluding hydrogens is 456 g/mol. The van der Waals surface area contributed by atoms with Crippen LogP contribution in [0.25, 0.3) is 11.8 Å². The Bertz CT molecular complexity index is 1320. The van der Waals surface area contributed by atoms with E-state index in [9.17, 15) is 0 Å². The summed E-state index contributed by atoms with van der Waals surface area (Å²) in [6.07, 6.45) is 9.21. The van der Waals surface area contributed by atoms with Crippen molar-refractivity contribution >= 4 is 6.08 Å².